The fraction of sp³-hybridized carbons (Fsp3) is 0.917. The van der Waals surface area contributed by atoms with Gasteiger partial charge in [0.15, 0.2) is 0 Å². The van der Waals surface area contributed by atoms with Crippen LogP contribution in [0.4, 0.5) is 0 Å². The highest BCUT2D eigenvalue weighted by atomic mass is 16.5. The van der Waals surface area contributed by atoms with Gasteiger partial charge in [-0.3, -0.25) is 4.79 Å². The Bertz CT molecular complexity index is 171. The summed E-state index contributed by atoms with van der Waals surface area (Å²) in [4.78, 5) is 13.3. The van der Waals surface area contributed by atoms with Crippen LogP contribution in [0.2, 0.25) is 0 Å². The van der Waals surface area contributed by atoms with Crippen molar-refractivity contribution in [2.45, 2.75) is 52.6 Å². The summed E-state index contributed by atoms with van der Waals surface area (Å²) in [6, 6.07) is 0. The van der Waals surface area contributed by atoms with Crippen molar-refractivity contribution in [1.82, 2.24) is 4.90 Å². The number of rotatable bonds is 8. The summed E-state index contributed by atoms with van der Waals surface area (Å²) in [7, 11) is 1.72. The molecule has 1 amide bonds. The second kappa shape index (κ2) is 8.72. The summed E-state index contributed by atoms with van der Waals surface area (Å²) in [5.74, 6) is 0.154. The number of amides is 1. The van der Waals surface area contributed by atoms with Gasteiger partial charge in [-0.1, -0.05) is 26.7 Å². The smallest absolute Gasteiger partial charge is 0.219 e. The van der Waals surface area contributed by atoms with E-state index >= 15 is 0 Å². The Morgan fingerprint density at radius 3 is 2.40 bits per heavy atom. The molecule has 0 aromatic heterocycles. The molecule has 0 radical (unpaired) electrons. The van der Waals surface area contributed by atoms with Crippen molar-refractivity contribution in [3.8, 4) is 0 Å². The SMILES string of the molecule is CCCCN(CC(CCC)OC)C(C)=O. The highest BCUT2D eigenvalue weighted by molar-refractivity contribution is 5.73. The van der Waals surface area contributed by atoms with Crippen LogP contribution in [0.3, 0.4) is 0 Å². The van der Waals surface area contributed by atoms with Crippen LogP contribution in [0.15, 0.2) is 0 Å². The second-order valence-corrected chi connectivity index (χ2v) is 3.96. The quantitative estimate of drug-likeness (QED) is 0.622. The predicted molar refractivity (Wildman–Crippen MR) is 62.9 cm³/mol. The number of carbonyl (C=O) groups is 1. The van der Waals surface area contributed by atoms with Crippen molar-refractivity contribution < 1.29 is 9.53 Å². The summed E-state index contributed by atoms with van der Waals surface area (Å²) >= 11 is 0. The first kappa shape index (κ1) is 14.4. The molecule has 0 aromatic rings. The fourth-order valence-electron chi connectivity index (χ4n) is 1.58. The van der Waals surface area contributed by atoms with E-state index < -0.39 is 0 Å². The first-order chi connectivity index (χ1) is 7.15. The molecule has 0 saturated carbocycles. The molecule has 3 nitrogen and oxygen atoms in total. The first-order valence-corrected chi connectivity index (χ1v) is 5.93. The Morgan fingerprint density at radius 2 is 2.00 bits per heavy atom. The number of carbonyl (C=O) groups excluding carboxylic acids is 1. The number of unbranched alkanes of at least 4 members (excludes halogenated alkanes) is 1. The Kier molecular flexibility index (Phi) is 8.38. The van der Waals surface area contributed by atoms with Crippen molar-refractivity contribution in [3.05, 3.63) is 0 Å². The minimum Gasteiger partial charge on any atom is -0.380 e. The van der Waals surface area contributed by atoms with Crippen LogP contribution in [-0.4, -0.2) is 37.1 Å². The predicted octanol–water partition coefficient (Wildman–Crippen LogP) is 2.45. The van der Waals surface area contributed by atoms with Gasteiger partial charge in [-0.05, 0) is 12.8 Å². The molecule has 0 aliphatic carbocycles. The van der Waals surface area contributed by atoms with Crippen LogP contribution in [-0.2, 0) is 9.53 Å². The molecule has 90 valence electrons. The topological polar surface area (TPSA) is 29.5 Å². The van der Waals surface area contributed by atoms with Gasteiger partial charge in [0.05, 0.1) is 6.10 Å². The molecule has 0 saturated heterocycles. The minimum atomic E-state index is 0.154. The minimum absolute atomic E-state index is 0.154. The van der Waals surface area contributed by atoms with Gasteiger partial charge in [-0.2, -0.15) is 0 Å². The van der Waals surface area contributed by atoms with Gasteiger partial charge in [0.25, 0.3) is 0 Å². The maximum Gasteiger partial charge on any atom is 0.219 e. The third-order valence-corrected chi connectivity index (χ3v) is 2.59. The van der Waals surface area contributed by atoms with Crippen LogP contribution in [0.1, 0.15) is 46.5 Å². The summed E-state index contributed by atoms with van der Waals surface area (Å²) in [5, 5.41) is 0. The Morgan fingerprint density at radius 1 is 1.33 bits per heavy atom. The zero-order valence-electron chi connectivity index (χ0n) is 10.6. The van der Waals surface area contributed by atoms with Gasteiger partial charge in [0.1, 0.15) is 0 Å². The zero-order chi connectivity index (χ0) is 11.7. The van der Waals surface area contributed by atoms with Crippen molar-refractivity contribution in [1.29, 1.82) is 0 Å². The van der Waals surface area contributed by atoms with Crippen LogP contribution in [0.5, 0.6) is 0 Å². The lowest BCUT2D eigenvalue weighted by Crippen LogP contribution is -2.37. The summed E-state index contributed by atoms with van der Waals surface area (Å²) in [6.45, 7) is 7.50. The Balaban J connectivity index is 4.06. The third kappa shape index (κ3) is 6.50. The maximum absolute atomic E-state index is 11.4. The van der Waals surface area contributed by atoms with Gasteiger partial charge >= 0.3 is 0 Å². The molecule has 0 rings (SSSR count). The molecule has 0 aromatic carbocycles. The van der Waals surface area contributed by atoms with Crippen molar-refractivity contribution >= 4 is 5.91 Å². The molecule has 0 aliphatic rings. The van der Waals surface area contributed by atoms with E-state index in [4.69, 9.17) is 4.74 Å². The molecule has 3 heteroatoms. The lowest BCUT2D eigenvalue weighted by Gasteiger charge is -2.25. The standard InChI is InChI=1S/C12H25NO2/c1-5-7-9-13(11(3)14)10-12(15-4)8-6-2/h12H,5-10H2,1-4H3. The number of methoxy groups -OCH3 is 1. The van der Waals surface area contributed by atoms with E-state index in [1.54, 1.807) is 14.0 Å². The highest BCUT2D eigenvalue weighted by Crippen LogP contribution is 2.05. The molecule has 0 bridgehead atoms. The third-order valence-electron chi connectivity index (χ3n) is 2.59. The van der Waals surface area contributed by atoms with E-state index in [0.29, 0.717) is 0 Å². The van der Waals surface area contributed by atoms with Crippen LogP contribution < -0.4 is 0 Å². The maximum atomic E-state index is 11.4. The first-order valence-electron chi connectivity index (χ1n) is 5.93. The second-order valence-electron chi connectivity index (χ2n) is 3.96. The average Bonchev–Trinajstić information content (AvgIpc) is 2.22. The largest absolute Gasteiger partial charge is 0.380 e. The average molecular weight is 215 g/mol. The van der Waals surface area contributed by atoms with Gasteiger partial charge in [0.2, 0.25) is 5.91 Å². The molecular weight excluding hydrogens is 190 g/mol. The van der Waals surface area contributed by atoms with E-state index in [1.165, 1.54) is 0 Å². The van der Waals surface area contributed by atoms with Crippen molar-refractivity contribution in [2.24, 2.45) is 0 Å². The Hall–Kier alpha value is -0.570. The van der Waals surface area contributed by atoms with Gasteiger partial charge < -0.3 is 9.64 Å². The van der Waals surface area contributed by atoms with E-state index in [0.717, 1.165) is 38.8 Å². The Labute approximate surface area is 93.8 Å². The van der Waals surface area contributed by atoms with Crippen LogP contribution >= 0.6 is 0 Å². The van der Waals surface area contributed by atoms with Gasteiger partial charge in [0, 0.05) is 27.1 Å². The molecule has 1 unspecified atom stereocenters. The van der Waals surface area contributed by atoms with E-state index in [2.05, 4.69) is 13.8 Å². The van der Waals surface area contributed by atoms with E-state index in [1.807, 2.05) is 4.90 Å². The van der Waals surface area contributed by atoms with Crippen LogP contribution in [0.25, 0.3) is 0 Å². The lowest BCUT2D eigenvalue weighted by atomic mass is 10.2. The number of nitrogens with zero attached hydrogens (tertiary/aromatic N) is 1. The number of hydrogen-bond donors (Lipinski definition) is 0. The normalized spacial score (nSPS) is 12.5. The fourth-order valence-corrected chi connectivity index (χ4v) is 1.58. The molecule has 0 fully saturated rings. The summed E-state index contributed by atoms with van der Waals surface area (Å²) < 4.78 is 5.36. The molecule has 0 spiro atoms. The van der Waals surface area contributed by atoms with Gasteiger partial charge in [-0.25, -0.2) is 0 Å². The van der Waals surface area contributed by atoms with E-state index in [9.17, 15) is 4.79 Å². The van der Waals surface area contributed by atoms with Crippen LogP contribution in [0, 0.1) is 0 Å². The molecule has 0 N–H and O–H groups in total. The summed E-state index contributed by atoms with van der Waals surface area (Å²) in [6.07, 6.45) is 4.50. The monoisotopic (exact) mass is 215 g/mol. The van der Waals surface area contributed by atoms with Crippen molar-refractivity contribution in [3.63, 3.8) is 0 Å². The number of ether oxygens (including phenoxy) is 1. The number of hydrogen-bond acceptors (Lipinski definition) is 2. The molecular formula is C12H25NO2. The summed E-state index contributed by atoms with van der Waals surface area (Å²) in [5.41, 5.74) is 0. The molecule has 1 atom stereocenters. The zero-order valence-corrected chi connectivity index (χ0v) is 10.6. The molecule has 15 heavy (non-hydrogen) atoms. The highest BCUT2D eigenvalue weighted by Gasteiger charge is 2.14. The molecule has 0 aliphatic heterocycles. The van der Waals surface area contributed by atoms with Crippen molar-refractivity contribution in [2.75, 3.05) is 20.2 Å². The van der Waals surface area contributed by atoms with E-state index in [-0.39, 0.29) is 12.0 Å². The lowest BCUT2D eigenvalue weighted by molar-refractivity contribution is -0.130. The molecule has 0 heterocycles. The van der Waals surface area contributed by atoms with Gasteiger partial charge in [-0.15, -0.1) is 0 Å².